The lowest BCUT2D eigenvalue weighted by Crippen LogP contribution is -2.30. The predicted octanol–water partition coefficient (Wildman–Crippen LogP) is 3.00. The summed E-state index contributed by atoms with van der Waals surface area (Å²) in [4.78, 5) is 10.8. The van der Waals surface area contributed by atoms with Crippen LogP contribution in [0.1, 0.15) is 0 Å². The molecule has 0 aromatic heterocycles. The summed E-state index contributed by atoms with van der Waals surface area (Å²) in [7, 11) is -2.89. The van der Waals surface area contributed by atoms with Crippen molar-refractivity contribution in [1.29, 1.82) is 0 Å². The Morgan fingerprint density at radius 2 is 1.72 bits per heavy atom. The van der Waals surface area contributed by atoms with E-state index in [0.29, 0.717) is 0 Å². The molecule has 0 unspecified atom stereocenters. The average Bonchev–Trinajstić information content (AvgIpc) is 2.54. The van der Waals surface area contributed by atoms with Crippen LogP contribution in [0.3, 0.4) is 0 Å². The molecule has 0 aliphatic carbocycles. The van der Waals surface area contributed by atoms with Crippen LogP contribution in [0, 0.1) is 0 Å². The van der Waals surface area contributed by atoms with E-state index in [0.717, 1.165) is 18.2 Å². The minimum absolute atomic E-state index is 0.115. The zero-order valence-electron chi connectivity index (χ0n) is 12.8. The first-order valence-electron chi connectivity index (χ1n) is 6.77. The number of carbonyl (C=O) groups is 1. The Balaban J connectivity index is 2.36. The molecule has 0 saturated heterocycles. The maximum Gasteiger partial charge on any atom is 0.471 e. The second kappa shape index (κ2) is 7.01. The molecule has 0 saturated carbocycles. The monoisotopic (exact) mass is 374 g/mol. The van der Waals surface area contributed by atoms with E-state index < -0.39 is 27.8 Å². The molecule has 25 heavy (non-hydrogen) atoms. The Morgan fingerprint density at radius 3 is 2.28 bits per heavy atom. The number of nitrogens with one attached hydrogen (secondary N) is 2. The van der Waals surface area contributed by atoms with Crippen molar-refractivity contribution in [3.05, 3.63) is 48.5 Å². The molecule has 0 fully saturated rings. The number of amides is 1. The number of carbonyl (C=O) groups excluding carboxylic acids is 1. The summed E-state index contributed by atoms with van der Waals surface area (Å²) < 4.78 is 69.1. The number of ether oxygens (including phenoxy) is 1. The molecular weight excluding hydrogens is 361 g/mol. The molecular formula is C15H13F3N2O4S. The van der Waals surface area contributed by atoms with Crippen LogP contribution in [-0.4, -0.2) is 27.6 Å². The third-order valence-corrected chi connectivity index (χ3v) is 4.39. The van der Waals surface area contributed by atoms with Gasteiger partial charge >= 0.3 is 12.1 Å². The number of para-hydroxylation sites is 1. The number of benzene rings is 2. The number of methoxy groups -OCH3 is 1. The quantitative estimate of drug-likeness (QED) is 0.843. The summed E-state index contributed by atoms with van der Waals surface area (Å²) in [5.41, 5.74) is -0.139. The third kappa shape index (κ3) is 4.63. The summed E-state index contributed by atoms with van der Waals surface area (Å²) in [5.74, 6) is -2.35. The van der Waals surface area contributed by atoms with Gasteiger partial charge in [-0.05, 0) is 30.3 Å². The van der Waals surface area contributed by atoms with Gasteiger partial charge in [-0.3, -0.25) is 9.52 Å². The zero-order chi connectivity index (χ0) is 18.7. The van der Waals surface area contributed by atoms with E-state index in [9.17, 15) is 26.4 Å². The fourth-order valence-corrected chi connectivity index (χ4v) is 2.95. The van der Waals surface area contributed by atoms with Crippen LogP contribution >= 0.6 is 0 Å². The number of hydrogen-bond acceptors (Lipinski definition) is 4. The lowest BCUT2D eigenvalue weighted by Gasteiger charge is -2.14. The summed E-state index contributed by atoms with van der Waals surface area (Å²) in [5, 5.41) is 1.60. The molecule has 0 bridgehead atoms. The molecule has 6 nitrogen and oxygen atoms in total. The summed E-state index contributed by atoms with van der Waals surface area (Å²) in [6.45, 7) is 0. The number of halogens is 3. The normalized spacial score (nSPS) is 11.7. The predicted molar refractivity (Wildman–Crippen MR) is 84.9 cm³/mol. The first-order valence-corrected chi connectivity index (χ1v) is 8.26. The van der Waals surface area contributed by atoms with Crippen molar-refractivity contribution in [3.63, 3.8) is 0 Å². The lowest BCUT2D eigenvalue weighted by atomic mass is 10.3. The van der Waals surface area contributed by atoms with E-state index >= 15 is 0 Å². The Morgan fingerprint density at radius 1 is 1.08 bits per heavy atom. The molecule has 0 atom stereocenters. The molecule has 2 N–H and O–H groups in total. The van der Waals surface area contributed by atoms with Crippen molar-refractivity contribution in [2.45, 2.75) is 11.1 Å². The van der Waals surface area contributed by atoms with E-state index in [1.54, 1.807) is 23.5 Å². The molecule has 0 spiro atoms. The van der Waals surface area contributed by atoms with Gasteiger partial charge in [-0.15, -0.1) is 0 Å². The van der Waals surface area contributed by atoms with Gasteiger partial charge in [0.15, 0.2) is 0 Å². The molecule has 0 heterocycles. The van der Waals surface area contributed by atoms with Gasteiger partial charge in [-0.25, -0.2) is 8.42 Å². The van der Waals surface area contributed by atoms with Crippen molar-refractivity contribution < 1.29 is 31.1 Å². The minimum atomic E-state index is -5.12. The highest BCUT2D eigenvalue weighted by atomic mass is 32.2. The Bertz CT molecular complexity index is 868. The first kappa shape index (κ1) is 18.6. The van der Waals surface area contributed by atoms with Crippen molar-refractivity contribution in [2.75, 3.05) is 17.1 Å². The van der Waals surface area contributed by atoms with Crippen molar-refractivity contribution in [3.8, 4) is 5.75 Å². The maximum atomic E-state index is 12.4. The highest BCUT2D eigenvalue weighted by Crippen LogP contribution is 2.30. The fourth-order valence-electron chi connectivity index (χ4n) is 1.87. The highest BCUT2D eigenvalue weighted by Gasteiger charge is 2.39. The third-order valence-electron chi connectivity index (χ3n) is 3.01. The van der Waals surface area contributed by atoms with Gasteiger partial charge in [0.25, 0.3) is 10.0 Å². The number of hydrogen-bond donors (Lipinski definition) is 2. The maximum absolute atomic E-state index is 12.4. The minimum Gasteiger partial charge on any atom is -0.495 e. The van der Waals surface area contributed by atoms with E-state index in [-0.39, 0.29) is 16.3 Å². The zero-order valence-corrected chi connectivity index (χ0v) is 13.6. The number of alkyl halides is 3. The smallest absolute Gasteiger partial charge is 0.471 e. The van der Waals surface area contributed by atoms with Crippen LogP contribution in [-0.2, 0) is 14.8 Å². The van der Waals surface area contributed by atoms with Gasteiger partial charge in [0.1, 0.15) is 5.75 Å². The summed E-state index contributed by atoms with van der Waals surface area (Å²) in [6, 6.07) is 11.1. The van der Waals surface area contributed by atoms with Crippen LogP contribution in [0.2, 0.25) is 0 Å². The SMILES string of the molecule is COc1ccc(S(=O)(=O)Nc2ccccc2)cc1NC(=O)C(F)(F)F. The van der Waals surface area contributed by atoms with Gasteiger partial charge in [-0.2, -0.15) is 13.2 Å². The number of anilines is 2. The molecule has 1 amide bonds. The molecule has 0 radical (unpaired) electrons. The van der Waals surface area contributed by atoms with Gasteiger partial charge in [-0.1, -0.05) is 18.2 Å². The van der Waals surface area contributed by atoms with Gasteiger partial charge in [0.05, 0.1) is 17.7 Å². The van der Waals surface area contributed by atoms with Gasteiger partial charge < -0.3 is 10.1 Å². The summed E-state index contributed by atoms with van der Waals surface area (Å²) >= 11 is 0. The number of sulfonamides is 1. The van der Waals surface area contributed by atoms with E-state index in [4.69, 9.17) is 4.74 Å². The summed E-state index contributed by atoms with van der Waals surface area (Å²) in [6.07, 6.45) is -5.12. The molecule has 2 aromatic carbocycles. The van der Waals surface area contributed by atoms with E-state index in [2.05, 4.69) is 4.72 Å². The Kier molecular flexibility index (Phi) is 5.21. The molecule has 0 aliphatic heterocycles. The second-order valence-corrected chi connectivity index (χ2v) is 6.47. The van der Waals surface area contributed by atoms with E-state index in [1.165, 1.54) is 19.2 Å². The molecule has 10 heteroatoms. The van der Waals surface area contributed by atoms with Crippen molar-refractivity contribution in [2.24, 2.45) is 0 Å². The highest BCUT2D eigenvalue weighted by molar-refractivity contribution is 7.92. The molecule has 134 valence electrons. The van der Waals surface area contributed by atoms with E-state index in [1.807, 2.05) is 0 Å². The number of rotatable bonds is 5. The van der Waals surface area contributed by atoms with Gasteiger partial charge in [0, 0.05) is 5.69 Å². The van der Waals surface area contributed by atoms with Crippen LogP contribution in [0.15, 0.2) is 53.4 Å². The standard InChI is InChI=1S/C15H13F3N2O4S/c1-24-13-8-7-11(9-12(13)19-14(21)15(16,17)18)25(22,23)20-10-5-3-2-4-6-10/h2-9,20H,1H3,(H,19,21). The van der Waals surface area contributed by atoms with Crippen LogP contribution in [0.4, 0.5) is 24.5 Å². The van der Waals surface area contributed by atoms with Gasteiger partial charge in [0.2, 0.25) is 0 Å². The molecule has 2 aromatic rings. The molecule has 0 aliphatic rings. The lowest BCUT2D eigenvalue weighted by molar-refractivity contribution is -0.167. The van der Waals surface area contributed by atoms with Crippen molar-refractivity contribution >= 4 is 27.3 Å². The molecule has 2 rings (SSSR count). The first-order chi connectivity index (χ1) is 11.6. The van der Waals surface area contributed by atoms with Crippen LogP contribution in [0.5, 0.6) is 5.75 Å². The Labute approximate surface area is 141 Å². The average molecular weight is 374 g/mol. The largest absolute Gasteiger partial charge is 0.495 e. The Hall–Kier alpha value is -2.75. The van der Waals surface area contributed by atoms with Crippen molar-refractivity contribution in [1.82, 2.24) is 0 Å². The van der Waals surface area contributed by atoms with Crippen LogP contribution < -0.4 is 14.8 Å². The fraction of sp³-hybridized carbons (Fsp3) is 0.133. The van der Waals surface area contributed by atoms with Crippen LogP contribution in [0.25, 0.3) is 0 Å². The second-order valence-electron chi connectivity index (χ2n) is 4.79. The topological polar surface area (TPSA) is 84.5 Å².